The SMILES string of the molecule is Cc1cccc2nc(-c3ccccc3)nc(-c3ccccc3)c12. The van der Waals surface area contributed by atoms with Crippen molar-refractivity contribution in [3.8, 4) is 22.6 Å². The van der Waals surface area contributed by atoms with Crippen molar-refractivity contribution in [1.29, 1.82) is 0 Å². The predicted octanol–water partition coefficient (Wildman–Crippen LogP) is 5.27. The molecule has 0 saturated carbocycles. The van der Waals surface area contributed by atoms with Gasteiger partial charge in [-0.3, -0.25) is 0 Å². The Balaban J connectivity index is 2.06. The first-order valence-corrected chi connectivity index (χ1v) is 7.71. The van der Waals surface area contributed by atoms with Crippen LogP contribution in [0.2, 0.25) is 0 Å². The van der Waals surface area contributed by atoms with E-state index in [1.54, 1.807) is 0 Å². The van der Waals surface area contributed by atoms with Crippen molar-refractivity contribution in [1.82, 2.24) is 9.97 Å². The monoisotopic (exact) mass is 296 g/mol. The largest absolute Gasteiger partial charge is 0.228 e. The van der Waals surface area contributed by atoms with Crippen molar-refractivity contribution < 1.29 is 0 Å². The fourth-order valence-electron chi connectivity index (χ4n) is 2.88. The molecule has 0 aliphatic carbocycles. The third-order valence-corrected chi connectivity index (χ3v) is 4.01. The highest BCUT2D eigenvalue weighted by Gasteiger charge is 2.12. The Kier molecular flexibility index (Phi) is 3.35. The third kappa shape index (κ3) is 2.49. The summed E-state index contributed by atoms with van der Waals surface area (Å²) in [5, 5.41) is 1.12. The summed E-state index contributed by atoms with van der Waals surface area (Å²) in [6.07, 6.45) is 0. The Bertz CT molecular complexity index is 961. The molecule has 0 unspecified atom stereocenters. The van der Waals surface area contributed by atoms with E-state index in [1.807, 2.05) is 54.6 Å². The maximum absolute atomic E-state index is 4.89. The first-order chi connectivity index (χ1) is 11.3. The molecule has 0 N–H and O–H groups in total. The van der Waals surface area contributed by atoms with Crippen LogP contribution in [-0.4, -0.2) is 9.97 Å². The zero-order valence-corrected chi connectivity index (χ0v) is 12.9. The van der Waals surface area contributed by atoms with Gasteiger partial charge in [0.1, 0.15) is 0 Å². The molecule has 0 atom stereocenters. The highest BCUT2D eigenvalue weighted by Crippen LogP contribution is 2.30. The zero-order chi connectivity index (χ0) is 15.6. The Morgan fingerprint density at radius 2 is 1.26 bits per heavy atom. The topological polar surface area (TPSA) is 25.8 Å². The fraction of sp³-hybridized carbons (Fsp3) is 0.0476. The number of aromatic nitrogens is 2. The lowest BCUT2D eigenvalue weighted by Gasteiger charge is -2.11. The van der Waals surface area contributed by atoms with Crippen molar-refractivity contribution in [2.45, 2.75) is 6.92 Å². The smallest absolute Gasteiger partial charge is 0.160 e. The van der Waals surface area contributed by atoms with Gasteiger partial charge in [0.15, 0.2) is 5.82 Å². The van der Waals surface area contributed by atoms with Gasteiger partial charge in [-0.25, -0.2) is 9.97 Å². The zero-order valence-electron chi connectivity index (χ0n) is 12.9. The molecule has 110 valence electrons. The van der Waals surface area contributed by atoms with Crippen LogP contribution >= 0.6 is 0 Å². The lowest BCUT2D eigenvalue weighted by molar-refractivity contribution is 1.22. The van der Waals surface area contributed by atoms with Crippen molar-refractivity contribution >= 4 is 10.9 Å². The van der Waals surface area contributed by atoms with Crippen molar-refractivity contribution in [3.05, 3.63) is 84.4 Å². The second-order valence-corrected chi connectivity index (χ2v) is 5.60. The summed E-state index contributed by atoms with van der Waals surface area (Å²) in [4.78, 5) is 9.67. The summed E-state index contributed by atoms with van der Waals surface area (Å²) in [5.74, 6) is 0.766. The van der Waals surface area contributed by atoms with Gasteiger partial charge in [0.25, 0.3) is 0 Å². The molecule has 0 aliphatic heterocycles. The second-order valence-electron chi connectivity index (χ2n) is 5.60. The second kappa shape index (κ2) is 5.65. The van der Waals surface area contributed by atoms with Crippen LogP contribution in [0.5, 0.6) is 0 Å². The van der Waals surface area contributed by atoms with Gasteiger partial charge in [0.05, 0.1) is 11.2 Å². The highest BCUT2D eigenvalue weighted by atomic mass is 14.9. The number of nitrogens with zero attached hydrogens (tertiary/aromatic N) is 2. The molecule has 0 fully saturated rings. The maximum atomic E-state index is 4.89. The van der Waals surface area contributed by atoms with E-state index >= 15 is 0 Å². The first-order valence-electron chi connectivity index (χ1n) is 7.71. The molecule has 4 rings (SSSR count). The number of fused-ring (bicyclic) bond motifs is 1. The number of rotatable bonds is 2. The van der Waals surface area contributed by atoms with E-state index in [4.69, 9.17) is 9.97 Å². The molecule has 4 aromatic rings. The Morgan fingerprint density at radius 1 is 0.609 bits per heavy atom. The number of hydrogen-bond donors (Lipinski definition) is 0. The predicted molar refractivity (Wildman–Crippen MR) is 95.1 cm³/mol. The third-order valence-electron chi connectivity index (χ3n) is 4.01. The minimum atomic E-state index is 0.766. The van der Waals surface area contributed by atoms with Crippen LogP contribution < -0.4 is 0 Å². The van der Waals surface area contributed by atoms with E-state index < -0.39 is 0 Å². The van der Waals surface area contributed by atoms with Crippen LogP contribution in [0.1, 0.15) is 5.56 Å². The van der Waals surface area contributed by atoms with Gasteiger partial charge < -0.3 is 0 Å². The standard InChI is InChI=1S/C21H16N2/c1-15-9-8-14-18-19(15)20(16-10-4-2-5-11-16)23-21(22-18)17-12-6-3-7-13-17/h2-14H,1H3. The molecule has 3 aromatic carbocycles. The molecule has 1 heterocycles. The van der Waals surface area contributed by atoms with Crippen LogP contribution in [0.3, 0.4) is 0 Å². The first kappa shape index (κ1) is 13.6. The van der Waals surface area contributed by atoms with Gasteiger partial charge in [-0.15, -0.1) is 0 Å². The Hall–Kier alpha value is -3.00. The van der Waals surface area contributed by atoms with Crippen LogP contribution in [0, 0.1) is 6.92 Å². The quantitative estimate of drug-likeness (QED) is 0.503. The fourth-order valence-corrected chi connectivity index (χ4v) is 2.88. The van der Waals surface area contributed by atoms with Gasteiger partial charge in [-0.1, -0.05) is 72.8 Å². The molecule has 2 nitrogen and oxygen atoms in total. The number of hydrogen-bond acceptors (Lipinski definition) is 2. The van der Waals surface area contributed by atoms with E-state index in [2.05, 4.69) is 31.2 Å². The van der Waals surface area contributed by atoms with Gasteiger partial charge in [0, 0.05) is 16.5 Å². The van der Waals surface area contributed by atoms with Crippen LogP contribution in [0.4, 0.5) is 0 Å². The van der Waals surface area contributed by atoms with Crippen LogP contribution in [0.25, 0.3) is 33.5 Å². The lowest BCUT2D eigenvalue weighted by Crippen LogP contribution is -1.96. The maximum Gasteiger partial charge on any atom is 0.160 e. The highest BCUT2D eigenvalue weighted by molar-refractivity contribution is 5.95. The van der Waals surface area contributed by atoms with E-state index in [9.17, 15) is 0 Å². The average Bonchev–Trinajstić information content (AvgIpc) is 2.62. The summed E-state index contributed by atoms with van der Waals surface area (Å²) in [5.41, 5.74) is 5.32. The summed E-state index contributed by atoms with van der Waals surface area (Å²) < 4.78 is 0. The molecule has 2 heteroatoms. The Labute approximate surface area is 135 Å². The normalized spacial score (nSPS) is 10.8. The molecule has 23 heavy (non-hydrogen) atoms. The van der Waals surface area contributed by atoms with E-state index in [0.29, 0.717) is 0 Å². The molecule has 0 aliphatic rings. The van der Waals surface area contributed by atoms with Crippen LogP contribution in [-0.2, 0) is 0 Å². The molecule has 0 saturated heterocycles. The summed E-state index contributed by atoms with van der Waals surface area (Å²) in [6, 6.07) is 26.7. The van der Waals surface area contributed by atoms with Gasteiger partial charge in [0.2, 0.25) is 0 Å². The van der Waals surface area contributed by atoms with E-state index in [1.165, 1.54) is 5.56 Å². The molecule has 0 spiro atoms. The molecule has 0 amide bonds. The summed E-state index contributed by atoms with van der Waals surface area (Å²) in [7, 11) is 0. The minimum Gasteiger partial charge on any atom is -0.228 e. The molecular weight excluding hydrogens is 280 g/mol. The average molecular weight is 296 g/mol. The number of benzene rings is 3. The molecule has 1 aromatic heterocycles. The van der Waals surface area contributed by atoms with Crippen molar-refractivity contribution in [2.75, 3.05) is 0 Å². The van der Waals surface area contributed by atoms with Gasteiger partial charge in [-0.2, -0.15) is 0 Å². The summed E-state index contributed by atoms with van der Waals surface area (Å²) in [6.45, 7) is 2.11. The Morgan fingerprint density at radius 3 is 1.96 bits per heavy atom. The van der Waals surface area contributed by atoms with Crippen molar-refractivity contribution in [2.24, 2.45) is 0 Å². The lowest BCUT2D eigenvalue weighted by atomic mass is 10.0. The van der Waals surface area contributed by atoms with Crippen molar-refractivity contribution in [3.63, 3.8) is 0 Å². The molecular formula is C21H16N2. The van der Waals surface area contributed by atoms with Gasteiger partial charge in [-0.05, 0) is 18.6 Å². The van der Waals surface area contributed by atoms with E-state index in [0.717, 1.165) is 33.5 Å². The van der Waals surface area contributed by atoms with Crippen LogP contribution in [0.15, 0.2) is 78.9 Å². The molecule has 0 radical (unpaired) electrons. The summed E-state index contributed by atoms with van der Waals surface area (Å²) >= 11 is 0. The minimum absolute atomic E-state index is 0.766. The molecule has 0 bridgehead atoms. The van der Waals surface area contributed by atoms with Gasteiger partial charge >= 0.3 is 0 Å². The van der Waals surface area contributed by atoms with E-state index in [-0.39, 0.29) is 0 Å². The number of aryl methyl sites for hydroxylation is 1.